The Labute approximate surface area is 118 Å². The maximum Gasteiger partial charge on any atom is 0.323 e. The van der Waals surface area contributed by atoms with Crippen molar-refractivity contribution in [1.82, 2.24) is 19.9 Å². The highest BCUT2D eigenvalue weighted by Gasteiger charge is 2.18. The monoisotopic (exact) mass is 282 g/mol. The summed E-state index contributed by atoms with van der Waals surface area (Å²) in [4.78, 5) is 25.5. The minimum absolute atomic E-state index is 0.0432. The van der Waals surface area contributed by atoms with Crippen LogP contribution in [-0.4, -0.2) is 51.5 Å². The quantitative estimate of drug-likeness (QED) is 0.783. The second-order valence-corrected chi connectivity index (χ2v) is 4.68. The van der Waals surface area contributed by atoms with Gasteiger partial charge in [-0.25, -0.2) is 0 Å². The smallest absolute Gasteiger partial charge is 0.323 e. The molecule has 0 aliphatic heterocycles. The number of nitrogen functional groups attached to an aromatic ring is 1. The average Bonchev–Trinajstić information content (AvgIpc) is 2.35. The molecular formula is C12H22N6O2. The van der Waals surface area contributed by atoms with Gasteiger partial charge in [-0.2, -0.15) is 15.0 Å². The summed E-state index contributed by atoms with van der Waals surface area (Å²) in [5.74, 6) is 0.206. The highest BCUT2D eigenvalue weighted by atomic mass is 16.5. The highest BCUT2D eigenvalue weighted by molar-refractivity contribution is 5.83. The molecule has 0 radical (unpaired) electrons. The predicted molar refractivity (Wildman–Crippen MR) is 76.4 cm³/mol. The third-order valence-electron chi connectivity index (χ3n) is 2.54. The first-order valence-corrected chi connectivity index (χ1v) is 6.53. The number of rotatable bonds is 6. The van der Waals surface area contributed by atoms with E-state index in [0.29, 0.717) is 6.54 Å². The maximum atomic E-state index is 12.0. The molecule has 112 valence electrons. The molecular weight excluding hydrogens is 260 g/mol. The van der Waals surface area contributed by atoms with Crippen molar-refractivity contribution < 1.29 is 9.53 Å². The lowest BCUT2D eigenvalue weighted by Gasteiger charge is -2.20. The largest absolute Gasteiger partial charge is 0.461 e. The van der Waals surface area contributed by atoms with Crippen LogP contribution in [0, 0.1) is 0 Å². The summed E-state index contributed by atoms with van der Waals surface area (Å²) in [5.41, 5.74) is 5.60. The van der Waals surface area contributed by atoms with Crippen molar-refractivity contribution in [3.05, 3.63) is 0 Å². The van der Waals surface area contributed by atoms with Crippen molar-refractivity contribution in [2.24, 2.45) is 0 Å². The fourth-order valence-electron chi connectivity index (χ4n) is 1.44. The van der Waals surface area contributed by atoms with E-state index in [-0.39, 0.29) is 29.9 Å². The van der Waals surface area contributed by atoms with E-state index in [1.54, 1.807) is 18.9 Å². The molecule has 1 atom stereocenters. The number of ether oxygens (including phenoxy) is 1. The summed E-state index contributed by atoms with van der Waals surface area (Å²) in [6.07, 6.45) is -0.0741. The number of hydrogen-bond donors (Lipinski definition) is 2. The Bertz CT molecular complexity index is 465. The molecule has 0 aromatic carbocycles. The molecule has 0 aliphatic carbocycles. The molecule has 20 heavy (non-hydrogen) atoms. The molecule has 0 saturated carbocycles. The van der Waals surface area contributed by atoms with Crippen LogP contribution >= 0.6 is 0 Å². The molecule has 8 heteroatoms. The van der Waals surface area contributed by atoms with E-state index in [0.717, 1.165) is 0 Å². The van der Waals surface area contributed by atoms with Crippen molar-refractivity contribution in [3.8, 4) is 6.01 Å². The summed E-state index contributed by atoms with van der Waals surface area (Å²) in [6.45, 7) is 7.98. The minimum atomic E-state index is -0.464. The van der Waals surface area contributed by atoms with E-state index in [1.165, 1.54) is 0 Å². The van der Waals surface area contributed by atoms with Gasteiger partial charge in [0.15, 0.2) is 0 Å². The SMILES string of the molecule is CCN(C)C(=O)C(C)Nc1nc(N)nc(OC(C)C)n1. The van der Waals surface area contributed by atoms with Crippen LogP contribution in [0.1, 0.15) is 27.7 Å². The number of hydrogen-bond acceptors (Lipinski definition) is 7. The Morgan fingerprint density at radius 2 is 2.00 bits per heavy atom. The van der Waals surface area contributed by atoms with Gasteiger partial charge in [0.1, 0.15) is 6.04 Å². The zero-order valence-corrected chi connectivity index (χ0v) is 12.5. The molecule has 0 spiro atoms. The van der Waals surface area contributed by atoms with Gasteiger partial charge in [-0.05, 0) is 27.7 Å². The van der Waals surface area contributed by atoms with Crippen molar-refractivity contribution in [3.63, 3.8) is 0 Å². The van der Waals surface area contributed by atoms with Crippen LogP contribution in [-0.2, 0) is 4.79 Å². The highest BCUT2D eigenvalue weighted by Crippen LogP contribution is 2.11. The Kier molecular flexibility index (Phi) is 5.48. The van der Waals surface area contributed by atoms with E-state index in [2.05, 4.69) is 20.3 Å². The number of anilines is 2. The van der Waals surface area contributed by atoms with Gasteiger partial charge in [-0.1, -0.05) is 0 Å². The zero-order chi connectivity index (χ0) is 15.3. The summed E-state index contributed by atoms with van der Waals surface area (Å²) in [5, 5.41) is 2.90. The molecule has 1 heterocycles. The number of amides is 1. The molecule has 0 saturated heterocycles. The Morgan fingerprint density at radius 1 is 1.35 bits per heavy atom. The topological polar surface area (TPSA) is 106 Å². The number of nitrogens with one attached hydrogen (secondary N) is 1. The molecule has 0 bridgehead atoms. The van der Waals surface area contributed by atoms with Crippen molar-refractivity contribution in [2.45, 2.75) is 39.8 Å². The van der Waals surface area contributed by atoms with Gasteiger partial charge < -0.3 is 20.7 Å². The van der Waals surface area contributed by atoms with E-state index in [1.807, 2.05) is 20.8 Å². The molecule has 8 nitrogen and oxygen atoms in total. The molecule has 0 aliphatic rings. The predicted octanol–water partition coefficient (Wildman–Crippen LogP) is 0.520. The number of nitrogens with zero attached hydrogens (tertiary/aromatic N) is 4. The first-order valence-electron chi connectivity index (χ1n) is 6.53. The molecule has 3 N–H and O–H groups in total. The Morgan fingerprint density at radius 3 is 2.55 bits per heavy atom. The first-order chi connectivity index (χ1) is 9.33. The van der Waals surface area contributed by atoms with E-state index in [9.17, 15) is 4.79 Å². The number of carbonyl (C=O) groups excluding carboxylic acids is 1. The van der Waals surface area contributed by atoms with Gasteiger partial charge in [0.05, 0.1) is 6.10 Å². The van der Waals surface area contributed by atoms with Crippen molar-refractivity contribution in [2.75, 3.05) is 24.6 Å². The number of likely N-dealkylation sites (N-methyl/N-ethyl adjacent to an activating group) is 1. The van der Waals surface area contributed by atoms with Crippen molar-refractivity contribution >= 4 is 17.8 Å². The fourth-order valence-corrected chi connectivity index (χ4v) is 1.44. The van der Waals surface area contributed by atoms with Crippen LogP contribution in [0.15, 0.2) is 0 Å². The van der Waals surface area contributed by atoms with Crippen LogP contribution in [0.4, 0.5) is 11.9 Å². The molecule has 1 amide bonds. The van der Waals surface area contributed by atoms with Gasteiger partial charge >= 0.3 is 6.01 Å². The minimum Gasteiger partial charge on any atom is -0.461 e. The summed E-state index contributed by atoms with van der Waals surface area (Å²) >= 11 is 0. The van der Waals surface area contributed by atoms with Gasteiger partial charge in [-0.15, -0.1) is 0 Å². The van der Waals surface area contributed by atoms with Gasteiger partial charge in [0.25, 0.3) is 0 Å². The summed E-state index contributed by atoms with van der Waals surface area (Å²) in [6, 6.07) is -0.327. The fraction of sp³-hybridized carbons (Fsp3) is 0.667. The van der Waals surface area contributed by atoms with Crippen LogP contribution in [0.2, 0.25) is 0 Å². The number of carbonyl (C=O) groups is 1. The second kappa shape index (κ2) is 6.88. The first kappa shape index (κ1) is 15.9. The maximum absolute atomic E-state index is 12.0. The van der Waals surface area contributed by atoms with Crippen LogP contribution in [0.25, 0.3) is 0 Å². The third-order valence-corrected chi connectivity index (χ3v) is 2.54. The number of aromatic nitrogens is 3. The van der Waals surface area contributed by atoms with Crippen LogP contribution < -0.4 is 15.8 Å². The normalized spacial score (nSPS) is 12.1. The Hall–Kier alpha value is -2.12. The standard InChI is InChI=1S/C12H22N6O2/c1-6-18(5)9(19)8(4)14-11-15-10(13)16-12(17-11)20-7(2)3/h7-8H,6H2,1-5H3,(H3,13,14,15,16,17). The molecule has 0 fully saturated rings. The second-order valence-electron chi connectivity index (χ2n) is 4.68. The lowest BCUT2D eigenvalue weighted by atomic mass is 10.3. The third kappa shape index (κ3) is 4.52. The summed E-state index contributed by atoms with van der Waals surface area (Å²) < 4.78 is 5.37. The molecule has 1 aromatic rings. The molecule has 1 aromatic heterocycles. The van der Waals surface area contributed by atoms with Gasteiger partial charge in [0, 0.05) is 13.6 Å². The lowest BCUT2D eigenvalue weighted by Crippen LogP contribution is -2.39. The molecule has 1 unspecified atom stereocenters. The van der Waals surface area contributed by atoms with Crippen LogP contribution in [0.3, 0.4) is 0 Å². The van der Waals surface area contributed by atoms with E-state index in [4.69, 9.17) is 10.5 Å². The zero-order valence-electron chi connectivity index (χ0n) is 12.5. The number of nitrogens with two attached hydrogens (primary N) is 1. The summed E-state index contributed by atoms with van der Waals surface area (Å²) in [7, 11) is 1.73. The Balaban J connectivity index is 2.81. The van der Waals surface area contributed by atoms with E-state index < -0.39 is 6.04 Å². The van der Waals surface area contributed by atoms with E-state index >= 15 is 0 Å². The van der Waals surface area contributed by atoms with Gasteiger partial charge in [-0.3, -0.25) is 4.79 Å². The molecule has 1 rings (SSSR count). The van der Waals surface area contributed by atoms with Crippen LogP contribution in [0.5, 0.6) is 6.01 Å². The van der Waals surface area contributed by atoms with Gasteiger partial charge in [0.2, 0.25) is 17.8 Å². The average molecular weight is 282 g/mol. The van der Waals surface area contributed by atoms with Crippen molar-refractivity contribution in [1.29, 1.82) is 0 Å². The lowest BCUT2D eigenvalue weighted by molar-refractivity contribution is -0.130.